The van der Waals surface area contributed by atoms with Gasteiger partial charge in [0.25, 0.3) is 0 Å². The maximum absolute atomic E-state index is 12.8. The lowest BCUT2D eigenvalue weighted by Gasteiger charge is -2.18. The molecule has 1 atom stereocenters. The van der Waals surface area contributed by atoms with Gasteiger partial charge in [-0.3, -0.25) is 14.4 Å². The molecule has 0 rings (SSSR count). The van der Waals surface area contributed by atoms with Crippen LogP contribution in [0.3, 0.4) is 0 Å². The van der Waals surface area contributed by atoms with E-state index in [1.165, 1.54) is 109 Å². The third-order valence-electron chi connectivity index (χ3n) is 11.2. The molecule has 358 valence electrons. The first-order valence-corrected chi connectivity index (χ1v) is 26.3. The van der Waals surface area contributed by atoms with Crippen LogP contribution in [0, 0.1) is 0 Å². The predicted octanol–water partition coefficient (Wildman–Crippen LogP) is 17.3. The van der Waals surface area contributed by atoms with Gasteiger partial charge >= 0.3 is 17.9 Å². The molecule has 0 fully saturated rings. The number of carbonyl (C=O) groups excluding carboxylic acids is 3. The second-order valence-corrected chi connectivity index (χ2v) is 17.4. The zero-order valence-corrected chi connectivity index (χ0v) is 40.9. The summed E-state index contributed by atoms with van der Waals surface area (Å²) in [6.45, 7) is 6.45. The zero-order valence-electron chi connectivity index (χ0n) is 40.9. The summed E-state index contributed by atoms with van der Waals surface area (Å²) in [6.07, 6.45) is 62.1. The first-order chi connectivity index (χ1) is 30.5. The average Bonchev–Trinajstić information content (AvgIpc) is 3.27. The van der Waals surface area contributed by atoms with Gasteiger partial charge in [0.2, 0.25) is 0 Å². The Labute approximate surface area is 383 Å². The van der Waals surface area contributed by atoms with E-state index in [9.17, 15) is 14.4 Å². The number of ether oxygens (including phenoxy) is 3. The quantitative estimate of drug-likeness (QED) is 0.0262. The number of allylic oxidation sites excluding steroid dienone is 10. The predicted molar refractivity (Wildman–Crippen MR) is 265 cm³/mol. The summed E-state index contributed by atoms with van der Waals surface area (Å²) < 4.78 is 16.8. The van der Waals surface area contributed by atoms with Crippen molar-refractivity contribution in [3.05, 3.63) is 60.8 Å². The van der Waals surface area contributed by atoms with Crippen molar-refractivity contribution in [2.24, 2.45) is 0 Å². The number of carbonyl (C=O) groups is 3. The molecule has 0 radical (unpaired) electrons. The Morgan fingerprint density at radius 2 is 0.661 bits per heavy atom. The lowest BCUT2D eigenvalue weighted by Crippen LogP contribution is -2.30. The van der Waals surface area contributed by atoms with Crippen LogP contribution in [-0.4, -0.2) is 37.2 Å². The van der Waals surface area contributed by atoms with E-state index in [1.807, 2.05) is 0 Å². The molecule has 0 amide bonds. The number of hydrogen-bond donors (Lipinski definition) is 0. The molecule has 0 N–H and O–H groups in total. The lowest BCUT2D eigenvalue weighted by atomic mass is 10.0. The van der Waals surface area contributed by atoms with Crippen LogP contribution < -0.4 is 0 Å². The van der Waals surface area contributed by atoms with Crippen molar-refractivity contribution >= 4 is 17.9 Å². The van der Waals surface area contributed by atoms with Crippen LogP contribution in [0.15, 0.2) is 60.8 Å². The van der Waals surface area contributed by atoms with Crippen LogP contribution in [0.2, 0.25) is 0 Å². The van der Waals surface area contributed by atoms with E-state index in [0.29, 0.717) is 19.3 Å². The Kier molecular flexibility index (Phi) is 48.4. The minimum Gasteiger partial charge on any atom is -0.462 e. The van der Waals surface area contributed by atoms with Gasteiger partial charge in [0.15, 0.2) is 6.10 Å². The first-order valence-electron chi connectivity index (χ1n) is 26.3. The number of unbranched alkanes of at least 4 members (excludes halogenated alkanes) is 26. The van der Waals surface area contributed by atoms with Crippen LogP contribution in [0.5, 0.6) is 0 Å². The van der Waals surface area contributed by atoms with Crippen LogP contribution in [0.4, 0.5) is 0 Å². The summed E-state index contributed by atoms with van der Waals surface area (Å²) in [7, 11) is 0. The molecule has 0 spiro atoms. The van der Waals surface area contributed by atoms with Crippen LogP contribution in [0.1, 0.15) is 258 Å². The highest BCUT2D eigenvalue weighted by molar-refractivity contribution is 5.71. The van der Waals surface area contributed by atoms with Crippen LogP contribution in [-0.2, 0) is 28.6 Å². The Morgan fingerprint density at radius 1 is 0.339 bits per heavy atom. The molecule has 6 nitrogen and oxygen atoms in total. The molecule has 0 aromatic rings. The molecule has 0 saturated carbocycles. The molecular formula is C56H98O6. The van der Waals surface area contributed by atoms with Gasteiger partial charge in [0.05, 0.1) is 0 Å². The molecule has 0 bridgehead atoms. The summed E-state index contributed by atoms with van der Waals surface area (Å²) in [5.74, 6) is -0.912. The summed E-state index contributed by atoms with van der Waals surface area (Å²) in [4.78, 5) is 37.9. The minimum atomic E-state index is -0.784. The standard InChI is InChI=1S/C56H98O6/c1-4-7-10-13-16-19-22-24-26-28-30-32-34-37-40-43-46-49-55(58)61-52-53(51-60-54(57)48-45-42-39-36-21-18-15-12-9-6-3)62-56(59)50-47-44-41-38-35-33-31-29-27-25-23-20-17-14-11-8-5-2/h7,10,12,15-16,19,24,26,30,32,53H,4-6,8-9,11,13-14,17-18,20-23,25,27-29,31,33-52H2,1-3H3/b10-7-,15-12-,19-16-,26-24-,32-30-. The van der Waals surface area contributed by atoms with Gasteiger partial charge in [-0.25, -0.2) is 0 Å². The van der Waals surface area contributed by atoms with Crippen molar-refractivity contribution in [1.82, 2.24) is 0 Å². The summed E-state index contributed by atoms with van der Waals surface area (Å²) >= 11 is 0. The van der Waals surface area contributed by atoms with E-state index in [4.69, 9.17) is 14.2 Å². The number of rotatable bonds is 47. The van der Waals surface area contributed by atoms with Gasteiger partial charge in [-0.1, -0.05) is 223 Å². The molecule has 0 saturated heterocycles. The van der Waals surface area contributed by atoms with E-state index in [-0.39, 0.29) is 31.1 Å². The molecule has 0 aliphatic carbocycles. The van der Waals surface area contributed by atoms with Crippen molar-refractivity contribution in [2.45, 2.75) is 264 Å². The molecule has 1 unspecified atom stereocenters. The summed E-state index contributed by atoms with van der Waals surface area (Å²) in [6, 6.07) is 0. The maximum atomic E-state index is 12.8. The molecule has 62 heavy (non-hydrogen) atoms. The van der Waals surface area contributed by atoms with Crippen molar-refractivity contribution in [2.75, 3.05) is 13.2 Å². The van der Waals surface area contributed by atoms with Gasteiger partial charge in [-0.2, -0.15) is 0 Å². The Bertz CT molecular complexity index is 1130. The van der Waals surface area contributed by atoms with Crippen molar-refractivity contribution in [3.63, 3.8) is 0 Å². The number of hydrogen-bond acceptors (Lipinski definition) is 6. The molecule has 0 aromatic heterocycles. The summed E-state index contributed by atoms with van der Waals surface area (Å²) in [5, 5.41) is 0. The van der Waals surface area contributed by atoms with E-state index < -0.39 is 6.10 Å². The van der Waals surface area contributed by atoms with Crippen molar-refractivity contribution in [1.29, 1.82) is 0 Å². The highest BCUT2D eigenvalue weighted by Gasteiger charge is 2.19. The topological polar surface area (TPSA) is 78.9 Å². The third-order valence-corrected chi connectivity index (χ3v) is 11.2. The molecule has 0 aliphatic rings. The molecule has 0 aromatic carbocycles. The molecule has 0 aliphatic heterocycles. The Balaban J connectivity index is 4.36. The summed E-state index contributed by atoms with van der Waals surface area (Å²) in [5.41, 5.74) is 0. The maximum Gasteiger partial charge on any atom is 0.306 e. The third kappa shape index (κ3) is 48.1. The largest absolute Gasteiger partial charge is 0.462 e. The van der Waals surface area contributed by atoms with Crippen molar-refractivity contribution in [3.8, 4) is 0 Å². The molecular weight excluding hydrogens is 769 g/mol. The van der Waals surface area contributed by atoms with E-state index in [2.05, 4.69) is 81.5 Å². The fourth-order valence-electron chi connectivity index (χ4n) is 7.32. The number of esters is 3. The monoisotopic (exact) mass is 867 g/mol. The van der Waals surface area contributed by atoms with E-state index in [1.54, 1.807) is 0 Å². The van der Waals surface area contributed by atoms with E-state index in [0.717, 1.165) is 109 Å². The minimum absolute atomic E-state index is 0.0850. The Morgan fingerprint density at radius 3 is 1.06 bits per heavy atom. The second-order valence-electron chi connectivity index (χ2n) is 17.4. The molecule has 0 heterocycles. The van der Waals surface area contributed by atoms with E-state index >= 15 is 0 Å². The van der Waals surface area contributed by atoms with Gasteiger partial charge in [0.1, 0.15) is 13.2 Å². The molecule has 6 heteroatoms. The van der Waals surface area contributed by atoms with Gasteiger partial charge < -0.3 is 14.2 Å². The fraction of sp³-hybridized carbons (Fsp3) is 0.768. The highest BCUT2D eigenvalue weighted by atomic mass is 16.6. The lowest BCUT2D eigenvalue weighted by molar-refractivity contribution is -0.167. The average molecular weight is 867 g/mol. The van der Waals surface area contributed by atoms with Crippen molar-refractivity contribution < 1.29 is 28.6 Å². The highest BCUT2D eigenvalue weighted by Crippen LogP contribution is 2.16. The SMILES string of the molecule is CC/C=C\C/C=C\C/C=C\C/C=C\CCCCCCC(=O)OCC(COC(=O)CCCCCCC/C=C\CCC)OC(=O)CCCCCCCCCCCCCCCCCCC. The first kappa shape index (κ1) is 59.1. The van der Waals surface area contributed by atoms with Gasteiger partial charge in [-0.05, 0) is 77.0 Å². The second kappa shape index (κ2) is 50.8. The fourth-order valence-corrected chi connectivity index (χ4v) is 7.32. The van der Waals surface area contributed by atoms with Crippen LogP contribution >= 0.6 is 0 Å². The van der Waals surface area contributed by atoms with Crippen LogP contribution in [0.25, 0.3) is 0 Å². The van der Waals surface area contributed by atoms with Gasteiger partial charge in [0, 0.05) is 19.3 Å². The van der Waals surface area contributed by atoms with Gasteiger partial charge in [-0.15, -0.1) is 0 Å². The Hall–Kier alpha value is -2.89. The zero-order chi connectivity index (χ0) is 45.1. The smallest absolute Gasteiger partial charge is 0.306 e. The normalized spacial score (nSPS) is 12.5.